The van der Waals surface area contributed by atoms with Crippen molar-refractivity contribution in [3.63, 3.8) is 0 Å². The monoisotopic (exact) mass is 187 g/mol. The topological polar surface area (TPSA) is 38.7 Å². The molecule has 0 unspecified atom stereocenters. The molecule has 0 spiro atoms. The third kappa shape index (κ3) is 2.00. The van der Waals surface area contributed by atoms with Gasteiger partial charge in [-0.3, -0.25) is 9.79 Å². The number of ether oxygens (including phenoxy) is 1. The molecular weight excluding hydrogens is 174 g/mol. The summed E-state index contributed by atoms with van der Waals surface area (Å²) in [4.78, 5) is 15.5. The van der Waals surface area contributed by atoms with Gasteiger partial charge in [-0.15, -0.1) is 0 Å². The van der Waals surface area contributed by atoms with Crippen molar-refractivity contribution in [2.45, 2.75) is 32.1 Å². The SMILES string of the molecule is CCOC(=O)[C@@H]1SC(C)=N[C@@H]1C. The third-order valence-electron chi connectivity index (χ3n) is 1.64. The molecule has 0 radical (unpaired) electrons. The number of carbonyl (C=O) groups is 1. The van der Waals surface area contributed by atoms with Gasteiger partial charge in [-0.25, -0.2) is 0 Å². The molecule has 2 atom stereocenters. The fourth-order valence-corrected chi connectivity index (χ4v) is 2.15. The number of hydrogen-bond donors (Lipinski definition) is 0. The van der Waals surface area contributed by atoms with Crippen LogP contribution >= 0.6 is 11.8 Å². The first-order valence-corrected chi connectivity index (χ1v) is 4.90. The highest BCUT2D eigenvalue weighted by Gasteiger charge is 2.32. The van der Waals surface area contributed by atoms with Gasteiger partial charge in [-0.05, 0) is 20.8 Å². The molecule has 0 saturated heterocycles. The Labute approximate surface area is 76.6 Å². The first-order chi connectivity index (χ1) is 5.65. The van der Waals surface area contributed by atoms with Gasteiger partial charge in [-0.1, -0.05) is 11.8 Å². The smallest absolute Gasteiger partial charge is 0.321 e. The molecule has 0 saturated carbocycles. The molecule has 0 aromatic heterocycles. The van der Waals surface area contributed by atoms with Crippen molar-refractivity contribution in [2.24, 2.45) is 4.99 Å². The number of nitrogens with zero attached hydrogens (tertiary/aromatic N) is 1. The summed E-state index contributed by atoms with van der Waals surface area (Å²) in [6, 6.07) is 0.0639. The fourth-order valence-electron chi connectivity index (χ4n) is 1.14. The second-order valence-corrected chi connectivity index (χ2v) is 4.01. The first kappa shape index (κ1) is 9.58. The van der Waals surface area contributed by atoms with E-state index in [1.807, 2.05) is 20.8 Å². The maximum Gasteiger partial charge on any atom is 0.321 e. The average molecular weight is 187 g/mol. The van der Waals surface area contributed by atoms with Gasteiger partial charge >= 0.3 is 5.97 Å². The van der Waals surface area contributed by atoms with Crippen molar-refractivity contribution >= 4 is 22.8 Å². The first-order valence-electron chi connectivity index (χ1n) is 4.03. The van der Waals surface area contributed by atoms with Gasteiger partial charge in [0.15, 0.2) is 0 Å². The molecule has 0 aliphatic carbocycles. The highest BCUT2D eigenvalue weighted by molar-refractivity contribution is 8.15. The number of hydrogen-bond acceptors (Lipinski definition) is 4. The summed E-state index contributed by atoms with van der Waals surface area (Å²) in [5, 5.41) is 0.852. The summed E-state index contributed by atoms with van der Waals surface area (Å²) in [6.07, 6.45) is 0. The minimum Gasteiger partial charge on any atom is -0.465 e. The molecule has 1 heterocycles. The Balaban J connectivity index is 2.51. The average Bonchev–Trinajstić information content (AvgIpc) is 2.30. The molecule has 4 heteroatoms. The molecule has 1 aliphatic rings. The van der Waals surface area contributed by atoms with Crippen LogP contribution in [0.3, 0.4) is 0 Å². The zero-order chi connectivity index (χ0) is 9.14. The number of carbonyl (C=O) groups excluding carboxylic acids is 1. The van der Waals surface area contributed by atoms with Crippen molar-refractivity contribution in [3.8, 4) is 0 Å². The zero-order valence-electron chi connectivity index (χ0n) is 7.53. The maximum absolute atomic E-state index is 11.3. The number of rotatable bonds is 2. The Bertz CT molecular complexity index is 215. The standard InChI is InChI=1S/C8H13NO2S/c1-4-11-8(10)7-5(2)9-6(3)12-7/h5,7H,4H2,1-3H3/t5-,7-/m1/s1. The van der Waals surface area contributed by atoms with E-state index in [4.69, 9.17) is 4.74 Å². The third-order valence-corrected chi connectivity index (χ3v) is 2.93. The van der Waals surface area contributed by atoms with Gasteiger partial charge in [0.25, 0.3) is 0 Å². The van der Waals surface area contributed by atoms with Crippen LogP contribution in [0, 0.1) is 0 Å². The summed E-state index contributed by atoms with van der Waals surface area (Å²) in [5.41, 5.74) is 0. The minimum absolute atomic E-state index is 0.0639. The van der Waals surface area contributed by atoms with E-state index in [2.05, 4.69) is 4.99 Å². The summed E-state index contributed by atoms with van der Waals surface area (Å²) in [7, 11) is 0. The molecule has 1 aliphatic heterocycles. The predicted molar refractivity (Wildman–Crippen MR) is 50.6 cm³/mol. The Morgan fingerprint density at radius 2 is 2.42 bits per heavy atom. The number of esters is 1. The highest BCUT2D eigenvalue weighted by atomic mass is 32.2. The lowest BCUT2D eigenvalue weighted by molar-refractivity contribution is -0.142. The largest absolute Gasteiger partial charge is 0.465 e. The fraction of sp³-hybridized carbons (Fsp3) is 0.750. The van der Waals surface area contributed by atoms with E-state index in [9.17, 15) is 4.79 Å². The van der Waals surface area contributed by atoms with E-state index in [1.54, 1.807) is 0 Å². The van der Waals surface area contributed by atoms with Crippen LogP contribution in [0.5, 0.6) is 0 Å². The molecule has 3 nitrogen and oxygen atoms in total. The summed E-state index contributed by atoms with van der Waals surface area (Å²) in [5.74, 6) is -0.143. The van der Waals surface area contributed by atoms with E-state index in [0.29, 0.717) is 6.61 Å². The lowest BCUT2D eigenvalue weighted by Crippen LogP contribution is -2.26. The molecule has 68 valence electrons. The molecular formula is C8H13NO2S. The van der Waals surface area contributed by atoms with Crippen LogP contribution < -0.4 is 0 Å². The summed E-state index contributed by atoms with van der Waals surface area (Å²) >= 11 is 1.50. The Hall–Kier alpha value is -0.510. The van der Waals surface area contributed by atoms with Crippen molar-refractivity contribution in [1.82, 2.24) is 0 Å². The molecule has 0 fully saturated rings. The van der Waals surface area contributed by atoms with Crippen LogP contribution in [0.1, 0.15) is 20.8 Å². The van der Waals surface area contributed by atoms with Crippen LogP contribution in [0.4, 0.5) is 0 Å². The van der Waals surface area contributed by atoms with Crippen LogP contribution in [0.25, 0.3) is 0 Å². The normalized spacial score (nSPS) is 28.4. The van der Waals surface area contributed by atoms with Crippen molar-refractivity contribution in [3.05, 3.63) is 0 Å². The number of thioether (sulfide) groups is 1. The van der Waals surface area contributed by atoms with E-state index in [0.717, 1.165) is 5.04 Å². The van der Waals surface area contributed by atoms with Gasteiger partial charge in [0.1, 0.15) is 5.25 Å². The zero-order valence-corrected chi connectivity index (χ0v) is 8.35. The van der Waals surface area contributed by atoms with Gasteiger partial charge in [0, 0.05) is 0 Å². The Morgan fingerprint density at radius 3 is 2.83 bits per heavy atom. The van der Waals surface area contributed by atoms with E-state index in [-0.39, 0.29) is 17.3 Å². The van der Waals surface area contributed by atoms with E-state index in [1.165, 1.54) is 11.8 Å². The van der Waals surface area contributed by atoms with Crippen LogP contribution in [-0.4, -0.2) is 28.9 Å². The Morgan fingerprint density at radius 1 is 1.75 bits per heavy atom. The summed E-state index contributed by atoms with van der Waals surface area (Å²) in [6.45, 7) is 6.11. The van der Waals surface area contributed by atoms with Crippen molar-refractivity contribution in [1.29, 1.82) is 0 Å². The summed E-state index contributed by atoms with van der Waals surface area (Å²) < 4.78 is 4.91. The molecule has 1 rings (SSSR count). The highest BCUT2D eigenvalue weighted by Crippen LogP contribution is 2.27. The van der Waals surface area contributed by atoms with Gasteiger partial charge < -0.3 is 4.74 Å². The molecule has 0 aromatic rings. The van der Waals surface area contributed by atoms with Gasteiger partial charge in [-0.2, -0.15) is 0 Å². The molecule has 0 amide bonds. The molecule has 0 N–H and O–H groups in total. The van der Waals surface area contributed by atoms with Crippen LogP contribution in [-0.2, 0) is 9.53 Å². The number of aliphatic imine (C=N–C) groups is 1. The molecule has 0 aromatic carbocycles. The Kier molecular flexibility index (Phi) is 3.14. The van der Waals surface area contributed by atoms with Crippen LogP contribution in [0.2, 0.25) is 0 Å². The van der Waals surface area contributed by atoms with E-state index >= 15 is 0 Å². The second-order valence-electron chi connectivity index (χ2n) is 2.68. The quantitative estimate of drug-likeness (QED) is 0.614. The van der Waals surface area contributed by atoms with Gasteiger partial charge in [0.2, 0.25) is 0 Å². The lowest BCUT2D eigenvalue weighted by Gasteiger charge is -2.10. The predicted octanol–water partition coefficient (Wildman–Crippen LogP) is 1.47. The minimum atomic E-state index is -0.143. The lowest BCUT2D eigenvalue weighted by atomic mass is 10.2. The van der Waals surface area contributed by atoms with Gasteiger partial charge in [0.05, 0.1) is 17.7 Å². The second kappa shape index (κ2) is 3.94. The van der Waals surface area contributed by atoms with Crippen molar-refractivity contribution in [2.75, 3.05) is 6.61 Å². The van der Waals surface area contributed by atoms with E-state index < -0.39 is 0 Å². The van der Waals surface area contributed by atoms with Crippen molar-refractivity contribution < 1.29 is 9.53 Å². The maximum atomic E-state index is 11.3. The molecule has 12 heavy (non-hydrogen) atoms. The van der Waals surface area contributed by atoms with Crippen LogP contribution in [0.15, 0.2) is 4.99 Å². The molecule has 0 bridgehead atoms.